The second kappa shape index (κ2) is 1.88. The zero-order valence-electron chi connectivity index (χ0n) is 6.65. The highest BCUT2D eigenvalue weighted by molar-refractivity contribution is 5.85. The topological polar surface area (TPSA) is 82.1 Å². The van der Waals surface area contributed by atoms with Crippen LogP contribution >= 0.6 is 0 Å². The van der Waals surface area contributed by atoms with Gasteiger partial charge in [-0.25, -0.2) is 0 Å². The van der Waals surface area contributed by atoms with E-state index in [0.717, 1.165) is 10.2 Å². The van der Waals surface area contributed by atoms with Gasteiger partial charge in [-0.1, -0.05) is 0 Å². The van der Waals surface area contributed by atoms with Crippen LogP contribution in [0.5, 0.6) is 0 Å². The third kappa shape index (κ3) is 0.623. The second-order valence-electron chi connectivity index (χ2n) is 2.78. The smallest absolute Gasteiger partial charge is 0.142 e. The van der Waals surface area contributed by atoms with Gasteiger partial charge in [0, 0.05) is 19.2 Å². The van der Waals surface area contributed by atoms with Crippen LogP contribution in [0.2, 0.25) is 0 Å². The maximum absolute atomic E-state index is 9.36. The number of aryl methyl sites for hydroxylation is 1. The molecular formula is C7H10N4O. The molecule has 0 amide bonds. The van der Waals surface area contributed by atoms with Crippen LogP contribution in [0.3, 0.4) is 0 Å². The van der Waals surface area contributed by atoms with Crippen molar-refractivity contribution in [3.63, 3.8) is 0 Å². The molecule has 0 unspecified atom stereocenters. The van der Waals surface area contributed by atoms with Crippen LogP contribution in [0.25, 0.3) is 11.0 Å². The van der Waals surface area contributed by atoms with E-state index < -0.39 is 0 Å². The number of hydrogen-bond donors (Lipinski definition) is 3. The molecule has 2 aromatic heterocycles. The minimum atomic E-state index is 0.315. The van der Waals surface area contributed by atoms with E-state index in [9.17, 15) is 5.21 Å². The highest BCUT2D eigenvalue weighted by Crippen LogP contribution is 2.24. The van der Waals surface area contributed by atoms with Crippen LogP contribution in [-0.2, 0) is 7.05 Å². The number of nitrogens with zero attached hydrogens (tertiary/aromatic N) is 2. The molecular weight excluding hydrogens is 156 g/mol. The Balaban J connectivity index is 2.93. The fourth-order valence-corrected chi connectivity index (χ4v) is 1.30. The number of aromatic nitrogens is 2. The van der Waals surface area contributed by atoms with Crippen LogP contribution in [0.1, 0.15) is 0 Å². The van der Waals surface area contributed by atoms with Gasteiger partial charge in [0.15, 0.2) is 0 Å². The third-order valence-electron chi connectivity index (χ3n) is 2.05. The van der Waals surface area contributed by atoms with Crippen LogP contribution < -0.4 is 11.5 Å². The first-order chi connectivity index (χ1) is 5.61. The molecule has 64 valence electrons. The summed E-state index contributed by atoms with van der Waals surface area (Å²) in [4.78, 5) is 0. The Labute approximate surface area is 68.7 Å². The van der Waals surface area contributed by atoms with Crippen molar-refractivity contribution in [2.24, 2.45) is 7.05 Å². The van der Waals surface area contributed by atoms with E-state index in [1.54, 1.807) is 16.7 Å². The average Bonchev–Trinajstić information content (AvgIpc) is 2.43. The van der Waals surface area contributed by atoms with Crippen molar-refractivity contribution in [3.8, 4) is 0 Å². The molecule has 0 spiro atoms. The van der Waals surface area contributed by atoms with Crippen molar-refractivity contribution in [1.82, 2.24) is 9.30 Å². The summed E-state index contributed by atoms with van der Waals surface area (Å²) >= 11 is 0. The molecule has 0 aliphatic heterocycles. The van der Waals surface area contributed by atoms with Gasteiger partial charge in [0.25, 0.3) is 0 Å². The van der Waals surface area contributed by atoms with Crippen LogP contribution in [0.15, 0.2) is 12.1 Å². The Kier molecular flexibility index (Phi) is 1.08. The molecule has 0 bridgehead atoms. The Hall–Kier alpha value is -1.78. The van der Waals surface area contributed by atoms with Crippen molar-refractivity contribution in [2.75, 3.05) is 11.5 Å². The van der Waals surface area contributed by atoms with E-state index in [4.69, 9.17) is 11.5 Å². The highest BCUT2D eigenvalue weighted by Gasteiger charge is 2.10. The van der Waals surface area contributed by atoms with Crippen molar-refractivity contribution < 1.29 is 5.21 Å². The highest BCUT2D eigenvalue weighted by atomic mass is 16.5. The van der Waals surface area contributed by atoms with E-state index in [1.165, 1.54) is 0 Å². The molecule has 2 rings (SSSR count). The lowest BCUT2D eigenvalue weighted by Crippen LogP contribution is -1.96. The lowest BCUT2D eigenvalue weighted by molar-refractivity contribution is 0.206. The minimum absolute atomic E-state index is 0.315. The number of anilines is 2. The van der Waals surface area contributed by atoms with Crippen LogP contribution in [-0.4, -0.2) is 14.5 Å². The molecule has 0 atom stereocenters. The molecule has 12 heavy (non-hydrogen) atoms. The first kappa shape index (κ1) is 6.90. The van der Waals surface area contributed by atoms with E-state index in [2.05, 4.69) is 0 Å². The van der Waals surface area contributed by atoms with Crippen molar-refractivity contribution >= 4 is 22.7 Å². The first-order valence-electron chi connectivity index (χ1n) is 3.52. The molecule has 0 radical (unpaired) electrons. The van der Waals surface area contributed by atoms with E-state index in [1.807, 2.05) is 7.05 Å². The van der Waals surface area contributed by atoms with E-state index in [0.29, 0.717) is 17.2 Å². The van der Waals surface area contributed by atoms with E-state index >= 15 is 0 Å². The molecule has 0 fully saturated rings. The summed E-state index contributed by atoms with van der Waals surface area (Å²) in [6.45, 7) is 0. The molecule has 5 heteroatoms. The largest absolute Gasteiger partial charge is 0.426 e. The summed E-state index contributed by atoms with van der Waals surface area (Å²) < 4.78 is 2.68. The van der Waals surface area contributed by atoms with Crippen molar-refractivity contribution in [2.45, 2.75) is 0 Å². The molecule has 2 heterocycles. The lowest BCUT2D eigenvalue weighted by Gasteiger charge is -1.94. The number of rotatable bonds is 0. The third-order valence-corrected chi connectivity index (χ3v) is 2.05. The Morgan fingerprint density at radius 3 is 2.33 bits per heavy atom. The van der Waals surface area contributed by atoms with Gasteiger partial charge in [-0.15, -0.1) is 0 Å². The Morgan fingerprint density at radius 2 is 1.75 bits per heavy atom. The second-order valence-corrected chi connectivity index (χ2v) is 2.78. The molecule has 0 aromatic carbocycles. The van der Waals surface area contributed by atoms with Gasteiger partial charge in [0.2, 0.25) is 0 Å². The quantitative estimate of drug-likeness (QED) is 0.495. The Bertz CT molecular complexity index is 398. The van der Waals surface area contributed by atoms with E-state index in [-0.39, 0.29) is 0 Å². The molecule has 5 N–H and O–H groups in total. The summed E-state index contributed by atoms with van der Waals surface area (Å²) in [5.41, 5.74) is 12.5. The van der Waals surface area contributed by atoms with Crippen molar-refractivity contribution in [1.29, 1.82) is 0 Å². The number of hydrogen-bond acceptors (Lipinski definition) is 3. The SMILES string of the molecule is Cn1c(N)cc2c1cc(N)n2O. The standard InChI is InChI=1S/C7H10N4O/c1-10-4-2-7(9)11(12)5(4)3-6(10)8/h2-3,12H,8-9H2,1H3. The van der Waals surface area contributed by atoms with Gasteiger partial charge >= 0.3 is 0 Å². The van der Waals surface area contributed by atoms with Gasteiger partial charge in [-0.3, -0.25) is 0 Å². The molecule has 0 saturated heterocycles. The number of fused-ring (bicyclic) bond motifs is 1. The summed E-state index contributed by atoms with van der Waals surface area (Å²) in [5, 5.41) is 9.36. The Morgan fingerprint density at radius 1 is 1.17 bits per heavy atom. The van der Waals surface area contributed by atoms with Gasteiger partial charge in [-0.2, -0.15) is 4.73 Å². The summed E-state index contributed by atoms with van der Waals surface area (Å²) in [7, 11) is 1.82. The normalized spacial score (nSPS) is 11.1. The summed E-state index contributed by atoms with van der Waals surface area (Å²) in [5.74, 6) is 0.915. The zero-order valence-corrected chi connectivity index (χ0v) is 6.65. The number of nitrogens with two attached hydrogens (primary N) is 2. The predicted molar refractivity (Wildman–Crippen MR) is 46.9 cm³/mol. The average molecular weight is 166 g/mol. The molecule has 5 nitrogen and oxygen atoms in total. The minimum Gasteiger partial charge on any atom is -0.426 e. The fraction of sp³-hybridized carbons (Fsp3) is 0.143. The molecule has 0 aliphatic carbocycles. The first-order valence-corrected chi connectivity index (χ1v) is 3.52. The summed E-state index contributed by atoms with van der Waals surface area (Å²) in [6, 6.07) is 3.34. The van der Waals surface area contributed by atoms with Gasteiger partial charge in [0.1, 0.15) is 17.2 Å². The monoisotopic (exact) mass is 166 g/mol. The van der Waals surface area contributed by atoms with Crippen molar-refractivity contribution in [3.05, 3.63) is 12.1 Å². The van der Waals surface area contributed by atoms with Crippen LogP contribution in [0.4, 0.5) is 11.6 Å². The maximum Gasteiger partial charge on any atom is 0.142 e. The van der Waals surface area contributed by atoms with Gasteiger partial charge in [-0.05, 0) is 0 Å². The number of nitrogen functional groups attached to an aromatic ring is 2. The fourth-order valence-electron chi connectivity index (χ4n) is 1.30. The maximum atomic E-state index is 9.36. The van der Waals surface area contributed by atoms with Crippen LogP contribution in [0, 0.1) is 0 Å². The molecule has 0 saturated carbocycles. The van der Waals surface area contributed by atoms with Gasteiger partial charge < -0.3 is 21.2 Å². The lowest BCUT2D eigenvalue weighted by atomic mass is 10.5. The summed E-state index contributed by atoms with van der Waals surface area (Å²) in [6.07, 6.45) is 0. The molecule has 2 aromatic rings. The van der Waals surface area contributed by atoms with Gasteiger partial charge in [0.05, 0.1) is 5.52 Å². The zero-order chi connectivity index (χ0) is 8.88. The predicted octanol–water partition coefficient (Wildman–Crippen LogP) is 0.381. The molecule has 0 aliphatic rings.